The van der Waals surface area contributed by atoms with Gasteiger partial charge in [0.15, 0.2) is 0 Å². The molecule has 0 aliphatic carbocycles. The smallest absolute Gasteiger partial charge is 0.324 e. The second-order valence-electron chi connectivity index (χ2n) is 5.12. The van der Waals surface area contributed by atoms with Gasteiger partial charge >= 0.3 is 6.03 Å². The lowest BCUT2D eigenvalue weighted by atomic mass is 10.1. The van der Waals surface area contributed by atoms with Gasteiger partial charge in [-0.15, -0.1) is 0 Å². The van der Waals surface area contributed by atoms with E-state index in [-0.39, 0.29) is 17.0 Å². The van der Waals surface area contributed by atoms with Crippen LogP contribution in [0.4, 0.5) is 9.18 Å². The van der Waals surface area contributed by atoms with Gasteiger partial charge in [0.1, 0.15) is 5.82 Å². The van der Waals surface area contributed by atoms with Gasteiger partial charge in [0, 0.05) is 24.2 Å². The van der Waals surface area contributed by atoms with Crippen LogP contribution in [0.15, 0.2) is 12.1 Å². The van der Waals surface area contributed by atoms with Crippen LogP contribution in [0.2, 0.25) is 10.0 Å². The SMILES string of the molecule is C[C@H](N[C@H](C)C(=O)N1CCNC1=O)c1cc(F)c(Cl)cc1Cl. The number of benzene rings is 1. The van der Waals surface area contributed by atoms with Gasteiger partial charge in [-0.1, -0.05) is 23.2 Å². The minimum absolute atomic E-state index is 0.0567. The minimum atomic E-state index is -0.617. The molecule has 0 spiro atoms. The van der Waals surface area contributed by atoms with Gasteiger partial charge in [-0.05, 0) is 31.5 Å². The zero-order chi connectivity index (χ0) is 16.4. The summed E-state index contributed by atoms with van der Waals surface area (Å²) >= 11 is 11.7. The molecule has 1 aromatic carbocycles. The molecule has 2 atom stereocenters. The average molecular weight is 348 g/mol. The lowest BCUT2D eigenvalue weighted by Crippen LogP contribution is -2.46. The van der Waals surface area contributed by atoms with E-state index < -0.39 is 17.9 Å². The number of rotatable bonds is 4. The molecule has 0 aromatic heterocycles. The molecular weight excluding hydrogens is 332 g/mol. The van der Waals surface area contributed by atoms with Gasteiger partial charge in [-0.25, -0.2) is 9.18 Å². The number of hydrogen-bond donors (Lipinski definition) is 2. The summed E-state index contributed by atoms with van der Waals surface area (Å²) in [5.74, 6) is -0.917. The standard InChI is InChI=1S/C14H16Cl2FN3O2/c1-7(9-5-12(17)11(16)6-10(9)15)19-8(2)13(21)20-4-3-18-14(20)22/h5-8,19H,3-4H2,1-2H3,(H,18,22)/t7-,8+/m0/s1. The van der Waals surface area contributed by atoms with Crippen LogP contribution < -0.4 is 10.6 Å². The second-order valence-corrected chi connectivity index (χ2v) is 5.93. The molecule has 1 aliphatic rings. The van der Waals surface area contributed by atoms with Gasteiger partial charge in [0.2, 0.25) is 5.91 Å². The first-order chi connectivity index (χ1) is 10.3. The number of urea groups is 1. The topological polar surface area (TPSA) is 61.4 Å². The summed E-state index contributed by atoms with van der Waals surface area (Å²) in [5.41, 5.74) is 0.495. The summed E-state index contributed by atoms with van der Waals surface area (Å²) in [4.78, 5) is 24.8. The summed E-state index contributed by atoms with van der Waals surface area (Å²) < 4.78 is 13.6. The Morgan fingerprint density at radius 2 is 2.05 bits per heavy atom. The van der Waals surface area contributed by atoms with E-state index in [1.54, 1.807) is 13.8 Å². The average Bonchev–Trinajstić information content (AvgIpc) is 2.87. The van der Waals surface area contributed by atoms with Crippen molar-refractivity contribution in [2.24, 2.45) is 0 Å². The molecule has 5 nitrogen and oxygen atoms in total. The van der Waals surface area contributed by atoms with Crippen molar-refractivity contribution < 1.29 is 14.0 Å². The molecule has 2 rings (SSSR count). The fourth-order valence-electron chi connectivity index (χ4n) is 2.32. The van der Waals surface area contributed by atoms with Crippen molar-refractivity contribution in [1.29, 1.82) is 0 Å². The van der Waals surface area contributed by atoms with Crippen molar-refractivity contribution in [3.63, 3.8) is 0 Å². The first kappa shape index (κ1) is 17.0. The van der Waals surface area contributed by atoms with Gasteiger partial charge in [0.25, 0.3) is 0 Å². The van der Waals surface area contributed by atoms with E-state index >= 15 is 0 Å². The summed E-state index contributed by atoms with van der Waals surface area (Å²) in [6.07, 6.45) is 0. The van der Waals surface area contributed by atoms with Crippen LogP contribution in [-0.2, 0) is 4.79 Å². The maximum absolute atomic E-state index is 13.6. The number of halogens is 3. The van der Waals surface area contributed by atoms with Crippen molar-refractivity contribution in [1.82, 2.24) is 15.5 Å². The Bertz CT molecular complexity index is 612. The molecule has 1 aromatic rings. The Morgan fingerprint density at radius 3 is 2.64 bits per heavy atom. The summed E-state index contributed by atoms with van der Waals surface area (Å²) in [6, 6.07) is 1.16. The Balaban J connectivity index is 2.08. The van der Waals surface area contributed by atoms with Crippen LogP contribution in [0.5, 0.6) is 0 Å². The van der Waals surface area contributed by atoms with Gasteiger partial charge in [-0.2, -0.15) is 0 Å². The molecule has 22 heavy (non-hydrogen) atoms. The van der Waals surface area contributed by atoms with E-state index in [1.807, 2.05) is 0 Å². The third-order valence-corrected chi connectivity index (χ3v) is 4.12. The van der Waals surface area contributed by atoms with Crippen molar-refractivity contribution >= 4 is 35.1 Å². The summed E-state index contributed by atoms with van der Waals surface area (Å²) in [7, 11) is 0. The zero-order valence-electron chi connectivity index (χ0n) is 12.1. The highest BCUT2D eigenvalue weighted by molar-refractivity contribution is 6.35. The molecule has 3 amide bonds. The molecule has 1 aliphatic heterocycles. The Kier molecular flexibility index (Phi) is 5.26. The molecule has 1 saturated heterocycles. The highest BCUT2D eigenvalue weighted by Crippen LogP contribution is 2.28. The normalized spacial score (nSPS) is 17.3. The first-order valence-corrected chi connectivity index (χ1v) is 7.56. The van der Waals surface area contributed by atoms with E-state index in [0.29, 0.717) is 23.7 Å². The highest BCUT2D eigenvalue weighted by atomic mass is 35.5. The third-order valence-electron chi connectivity index (χ3n) is 3.50. The van der Waals surface area contributed by atoms with Gasteiger partial charge < -0.3 is 5.32 Å². The van der Waals surface area contributed by atoms with Gasteiger partial charge in [0.05, 0.1) is 11.1 Å². The molecule has 8 heteroatoms. The van der Waals surface area contributed by atoms with Crippen molar-refractivity contribution in [3.8, 4) is 0 Å². The summed E-state index contributed by atoms with van der Waals surface area (Å²) in [6.45, 7) is 4.18. The molecule has 0 radical (unpaired) electrons. The molecule has 0 unspecified atom stereocenters. The van der Waals surface area contributed by atoms with Crippen LogP contribution in [-0.4, -0.2) is 36.0 Å². The van der Waals surface area contributed by atoms with E-state index in [1.165, 1.54) is 12.1 Å². The molecule has 0 saturated carbocycles. The Hall–Kier alpha value is -1.37. The van der Waals surface area contributed by atoms with E-state index in [4.69, 9.17) is 23.2 Å². The number of imide groups is 1. The van der Waals surface area contributed by atoms with Crippen molar-refractivity contribution in [2.75, 3.05) is 13.1 Å². The third kappa shape index (κ3) is 3.51. The summed E-state index contributed by atoms with van der Waals surface area (Å²) in [5, 5.41) is 5.84. The van der Waals surface area contributed by atoms with Crippen LogP contribution in [0.1, 0.15) is 25.5 Å². The van der Waals surface area contributed by atoms with E-state index in [2.05, 4.69) is 10.6 Å². The first-order valence-electron chi connectivity index (χ1n) is 6.81. The van der Waals surface area contributed by atoms with Crippen molar-refractivity contribution in [3.05, 3.63) is 33.6 Å². The predicted octanol–water partition coefficient (Wildman–Crippen LogP) is 2.72. The lowest BCUT2D eigenvalue weighted by molar-refractivity contribution is -0.129. The number of carbonyl (C=O) groups excluding carboxylic acids is 2. The number of amides is 3. The number of nitrogens with one attached hydrogen (secondary N) is 2. The van der Waals surface area contributed by atoms with E-state index in [9.17, 15) is 14.0 Å². The largest absolute Gasteiger partial charge is 0.336 e. The fraction of sp³-hybridized carbons (Fsp3) is 0.429. The van der Waals surface area contributed by atoms with Crippen LogP contribution >= 0.6 is 23.2 Å². The van der Waals surface area contributed by atoms with Crippen LogP contribution in [0.3, 0.4) is 0 Å². The van der Waals surface area contributed by atoms with Crippen molar-refractivity contribution in [2.45, 2.75) is 25.9 Å². The zero-order valence-corrected chi connectivity index (χ0v) is 13.6. The molecular formula is C14H16Cl2FN3O2. The van der Waals surface area contributed by atoms with E-state index in [0.717, 1.165) is 4.90 Å². The van der Waals surface area contributed by atoms with Crippen LogP contribution in [0, 0.1) is 5.82 Å². The molecule has 2 N–H and O–H groups in total. The number of carbonyl (C=O) groups is 2. The monoisotopic (exact) mass is 347 g/mol. The second kappa shape index (κ2) is 6.81. The lowest BCUT2D eigenvalue weighted by Gasteiger charge is -2.23. The van der Waals surface area contributed by atoms with Gasteiger partial charge in [-0.3, -0.25) is 15.0 Å². The number of hydrogen-bond acceptors (Lipinski definition) is 3. The maximum Gasteiger partial charge on any atom is 0.324 e. The molecule has 1 fully saturated rings. The highest BCUT2D eigenvalue weighted by Gasteiger charge is 2.30. The molecule has 0 bridgehead atoms. The number of nitrogens with zero attached hydrogens (tertiary/aromatic N) is 1. The molecule has 1 heterocycles. The maximum atomic E-state index is 13.6. The predicted molar refractivity (Wildman–Crippen MR) is 82.5 cm³/mol. The Morgan fingerprint density at radius 1 is 1.36 bits per heavy atom. The fourth-order valence-corrected chi connectivity index (χ4v) is 2.87. The Labute approximate surface area is 137 Å². The van der Waals surface area contributed by atoms with Crippen LogP contribution in [0.25, 0.3) is 0 Å². The minimum Gasteiger partial charge on any atom is -0.336 e. The molecule has 120 valence electrons. The quantitative estimate of drug-likeness (QED) is 0.823.